The zero-order valence-corrected chi connectivity index (χ0v) is 17.2. The highest BCUT2D eigenvalue weighted by Crippen LogP contribution is 2.22. The Hall–Kier alpha value is -1.27. The molecule has 7 heteroatoms. The van der Waals surface area contributed by atoms with Crippen LogP contribution in [0.1, 0.15) is 31.4 Å². The second-order valence-electron chi connectivity index (χ2n) is 6.31. The number of sulfonamides is 1. The molecule has 0 saturated carbocycles. The summed E-state index contributed by atoms with van der Waals surface area (Å²) in [4.78, 5) is 0. The minimum absolute atomic E-state index is 0.122. The van der Waals surface area contributed by atoms with Gasteiger partial charge in [0, 0.05) is 16.6 Å². The van der Waals surface area contributed by atoms with E-state index in [4.69, 9.17) is 27.9 Å². The second-order valence-corrected chi connectivity index (χ2v) is 8.96. The fourth-order valence-corrected chi connectivity index (χ4v) is 4.23. The van der Waals surface area contributed by atoms with E-state index in [9.17, 15) is 8.42 Å². The Morgan fingerprint density at radius 3 is 2.58 bits per heavy atom. The van der Waals surface area contributed by atoms with Crippen LogP contribution in [-0.4, -0.2) is 21.1 Å². The molecule has 0 fully saturated rings. The van der Waals surface area contributed by atoms with Gasteiger partial charge in [0.25, 0.3) is 0 Å². The first kappa shape index (κ1) is 21.0. The van der Waals surface area contributed by atoms with Crippen molar-refractivity contribution >= 4 is 33.2 Å². The molecule has 26 heavy (non-hydrogen) atoms. The molecular weight excluding hydrogens is 393 g/mol. The average molecular weight is 416 g/mol. The lowest BCUT2D eigenvalue weighted by Crippen LogP contribution is -2.26. The Morgan fingerprint density at radius 1 is 1.12 bits per heavy atom. The summed E-state index contributed by atoms with van der Waals surface area (Å²) in [6.07, 6.45) is 1.58. The van der Waals surface area contributed by atoms with E-state index < -0.39 is 10.0 Å². The molecule has 142 valence electrons. The molecule has 4 nitrogen and oxygen atoms in total. The maximum Gasteiger partial charge on any atom is 0.215 e. The van der Waals surface area contributed by atoms with E-state index in [-0.39, 0.29) is 11.9 Å². The van der Waals surface area contributed by atoms with Crippen LogP contribution in [-0.2, 0) is 22.2 Å². The second kappa shape index (κ2) is 9.60. The van der Waals surface area contributed by atoms with Gasteiger partial charge in [-0.05, 0) is 62.1 Å². The lowest BCUT2D eigenvalue weighted by Gasteiger charge is -2.11. The molecule has 0 aliphatic heterocycles. The van der Waals surface area contributed by atoms with Gasteiger partial charge in [0.15, 0.2) is 0 Å². The van der Waals surface area contributed by atoms with Crippen LogP contribution in [0, 0.1) is 0 Å². The Morgan fingerprint density at radius 2 is 1.88 bits per heavy atom. The number of rotatable bonds is 9. The van der Waals surface area contributed by atoms with Crippen LogP contribution in [0.3, 0.4) is 0 Å². The normalized spacial score (nSPS) is 11.7. The van der Waals surface area contributed by atoms with Crippen LogP contribution in [0.2, 0.25) is 10.0 Å². The largest absolute Gasteiger partial charge is 0.491 e. The van der Waals surface area contributed by atoms with Crippen molar-refractivity contribution in [2.45, 2.75) is 38.5 Å². The van der Waals surface area contributed by atoms with Crippen molar-refractivity contribution in [1.29, 1.82) is 0 Å². The van der Waals surface area contributed by atoms with Crippen molar-refractivity contribution in [2.24, 2.45) is 0 Å². The third kappa shape index (κ3) is 7.16. The fraction of sp³-hybridized carbons (Fsp3) is 0.368. The number of hydrogen-bond acceptors (Lipinski definition) is 3. The van der Waals surface area contributed by atoms with Crippen molar-refractivity contribution in [2.75, 3.05) is 6.54 Å². The molecule has 0 unspecified atom stereocenters. The van der Waals surface area contributed by atoms with Gasteiger partial charge in [-0.3, -0.25) is 0 Å². The van der Waals surface area contributed by atoms with E-state index in [1.807, 2.05) is 38.1 Å². The van der Waals surface area contributed by atoms with Crippen molar-refractivity contribution in [3.8, 4) is 5.75 Å². The molecule has 2 aromatic carbocycles. The standard InChI is InChI=1S/C19H23Cl2NO3S/c1-14(2)25-18-7-3-5-15(11-18)6-4-10-22-26(23,24)13-16-8-9-17(20)12-19(16)21/h3,5,7-9,11-12,14,22H,4,6,10,13H2,1-2H3. The summed E-state index contributed by atoms with van der Waals surface area (Å²) in [5.74, 6) is 0.663. The SMILES string of the molecule is CC(C)Oc1cccc(CCCNS(=O)(=O)Cc2ccc(Cl)cc2Cl)c1. The molecule has 0 saturated heterocycles. The van der Waals surface area contributed by atoms with Gasteiger partial charge in [-0.2, -0.15) is 0 Å². The van der Waals surface area contributed by atoms with E-state index in [0.717, 1.165) is 17.7 Å². The van der Waals surface area contributed by atoms with Gasteiger partial charge in [-0.15, -0.1) is 0 Å². The maximum atomic E-state index is 12.2. The summed E-state index contributed by atoms with van der Waals surface area (Å²) in [5, 5.41) is 0.831. The Balaban J connectivity index is 1.83. The number of halogens is 2. The van der Waals surface area contributed by atoms with E-state index >= 15 is 0 Å². The lowest BCUT2D eigenvalue weighted by atomic mass is 10.1. The molecule has 0 aliphatic rings. The molecule has 0 amide bonds. The third-order valence-electron chi connectivity index (χ3n) is 3.60. The van der Waals surface area contributed by atoms with Gasteiger partial charge in [-0.1, -0.05) is 41.4 Å². The van der Waals surface area contributed by atoms with Gasteiger partial charge in [0.05, 0.1) is 11.9 Å². The highest BCUT2D eigenvalue weighted by molar-refractivity contribution is 7.88. The van der Waals surface area contributed by atoms with Crippen LogP contribution in [0.25, 0.3) is 0 Å². The number of benzene rings is 2. The molecule has 2 rings (SSSR count). The predicted octanol–water partition coefficient (Wildman–Crippen LogP) is 4.83. The molecule has 0 atom stereocenters. The number of nitrogens with one attached hydrogen (secondary N) is 1. The summed E-state index contributed by atoms with van der Waals surface area (Å²) in [7, 11) is -3.45. The average Bonchev–Trinajstić information content (AvgIpc) is 2.54. The molecule has 0 aromatic heterocycles. The lowest BCUT2D eigenvalue weighted by molar-refractivity contribution is 0.242. The van der Waals surface area contributed by atoms with Gasteiger partial charge >= 0.3 is 0 Å². The molecule has 0 radical (unpaired) electrons. The van der Waals surface area contributed by atoms with E-state index in [1.54, 1.807) is 18.2 Å². The van der Waals surface area contributed by atoms with E-state index in [0.29, 0.717) is 28.6 Å². The number of aryl methyl sites for hydroxylation is 1. The van der Waals surface area contributed by atoms with Gasteiger partial charge in [-0.25, -0.2) is 13.1 Å². The predicted molar refractivity (Wildman–Crippen MR) is 108 cm³/mol. The Bertz CT molecular complexity index is 838. The highest BCUT2D eigenvalue weighted by atomic mass is 35.5. The number of ether oxygens (including phenoxy) is 1. The molecule has 1 N–H and O–H groups in total. The molecule has 0 aliphatic carbocycles. The smallest absolute Gasteiger partial charge is 0.215 e. The molecule has 0 bridgehead atoms. The van der Waals surface area contributed by atoms with E-state index in [1.165, 1.54) is 0 Å². The van der Waals surface area contributed by atoms with Crippen LogP contribution < -0.4 is 9.46 Å². The van der Waals surface area contributed by atoms with Crippen LogP contribution in [0.5, 0.6) is 5.75 Å². The summed E-state index contributed by atoms with van der Waals surface area (Å²) < 4.78 is 32.7. The number of hydrogen-bond donors (Lipinski definition) is 1. The van der Waals surface area contributed by atoms with Gasteiger partial charge in [0.1, 0.15) is 5.75 Å². The Kier molecular flexibility index (Phi) is 7.77. The zero-order chi connectivity index (χ0) is 19.2. The van der Waals surface area contributed by atoms with Crippen molar-refractivity contribution in [3.05, 3.63) is 63.6 Å². The van der Waals surface area contributed by atoms with Crippen molar-refractivity contribution < 1.29 is 13.2 Å². The third-order valence-corrected chi connectivity index (χ3v) is 5.52. The van der Waals surface area contributed by atoms with Crippen LogP contribution in [0.15, 0.2) is 42.5 Å². The first-order valence-corrected chi connectivity index (χ1v) is 10.8. The zero-order valence-electron chi connectivity index (χ0n) is 14.8. The van der Waals surface area contributed by atoms with Crippen LogP contribution in [0.4, 0.5) is 0 Å². The maximum absolute atomic E-state index is 12.2. The van der Waals surface area contributed by atoms with Gasteiger partial charge < -0.3 is 4.74 Å². The highest BCUT2D eigenvalue weighted by Gasteiger charge is 2.13. The summed E-state index contributed by atoms with van der Waals surface area (Å²) in [6.45, 7) is 4.32. The monoisotopic (exact) mass is 415 g/mol. The van der Waals surface area contributed by atoms with Crippen molar-refractivity contribution in [3.63, 3.8) is 0 Å². The minimum atomic E-state index is -3.45. The van der Waals surface area contributed by atoms with Crippen LogP contribution >= 0.6 is 23.2 Å². The first-order chi connectivity index (χ1) is 12.2. The summed E-state index contributed by atoms with van der Waals surface area (Å²) >= 11 is 11.9. The Labute approximate surface area is 165 Å². The molecule has 0 spiro atoms. The first-order valence-electron chi connectivity index (χ1n) is 8.42. The van der Waals surface area contributed by atoms with Gasteiger partial charge in [0.2, 0.25) is 10.0 Å². The summed E-state index contributed by atoms with van der Waals surface area (Å²) in [6, 6.07) is 12.7. The molecule has 0 heterocycles. The topological polar surface area (TPSA) is 55.4 Å². The summed E-state index contributed by atoms with van der Waals surface area (Å²) in [5.41, 5.74) is 1.64. The fourth-order valence-electron chi connectivity index (χ4n) is 2.46. The molecular formula is C19H23Cl2NO3S. The minimum Gasteiger partial charge on any atom is -0.491 e. The molecule has 2 aromatic rings. The van der Waals surface area contributed by atoms with Crippen molar-refractivity contribution in [1.82, 2.24) is 4.72 Å². The quantitative estimate of drug-likeness (QED) is 0.596. The van der Waals surface area contributed by atoms with E-state index in [2.05, 4.69) is 4.72 Å².